The second-order valence-electron chi connectivity index (χ2n) is 4.39. The van der Waals surface area contributed by atoms with Crippen LogP contribution in [0, 0.1) is 13.8 Å². The van der Waals surface area contributed by atoms with Gasteiger partial charge in [0.2, 0.25) is 5.76 Å². The first-order valence-corrected chi connectivity index (χ1v) is 6.77. The summed E-state index contributed by atoms with van der Waals surface area (Å²) >= 11 is 3.38. The van der Waals surface area contributed by atoms with Gasteiger partial charge in [-0.15, -0.1) is 0 Å². The SMILES string of the molecule is Cc1nc(C)c(C(=O)NC(C)c2ccc(Br)cc2)o1. The standard InChI is InChI=1S/C14H15BrN2O2/c1-8(11-4-6-12(15)7-5-11)17-14(18)13-9(2)16-10(3)19-13/h4-8H,1-3H3,(H,17,18). The van der Waals surface area contributed by atoms with Gasteiger partial charge in [-0.25, -0.2) is 4.98 Å². The summed E-state index contributed by atoms with van der Waals surface area (Å²) in [7, 11) is 0. The number of aromatic nitrogens is 1. The number of aryl methyl sites for hydroxylation is 2. The van der Waals surface area contributed by atoms with E-state index in [-0.39, 0.29) is 17.7 Å². The molecule has 1 aromatic heterocycles. The summed E-state index contributed by atoms with van der Waals surface area (Å²) in [5.41, 5.74) is 1.64. The van der Waals surface area contributed by atoms with E-state index in [1.807, 2.05) is 31.2 Å². The number of nitrogens with one attached hydrogen (secondary N) is 1. The number of nitrogens with zero attached hydrogens (tertiary/aromatic N) is 1. The lowest BCUT2D eigenvalue weighted by Gasteiger charge is -2.13. The van der Waals surface area contributed by atoms with Gasteiger partial charge in [0.05, 0.1) is 11.7 Å². The second-order valence-corrected chi connectivity index (χ2v) is 5.31. The van der Waals surface area contributed by atoms with Gasteiger partial charge in [-0.3, -0.25) is 4.79 Å². The van der Waals surface area contributed by atoms with E-state index in [0.29, 0.717) is 11.6 Å². The summed E-state index contributed by atoms with van der Waals surface area (Å²) < 4.78 is 6.31. The van der Waals surface area contributed by atoms with Crippen molar-refractivity contribution in [3.8, 4) is 0 Å². The predicted molar refractivity (Wildman–Crippen MR) is 76.0 cm³/mol. The lowest BCUT2D eigenvalue weighted by molar-refractivity contribution is 0.0909. The van der Waals surface area contributed by atoms with Crippen LogP contribution in [-0.4, -0.2) is 10.9 Å². The van der Waals surface area contributed by atoms with Crippen molar-refractivity contribution in [3.05, 3.63) is 51.6 Å². The Morgan fingerprint density at radius 1 is 1.32 bits per heavy atom. The van der Waals surface area contributed by atoms with E-state index in [0.717, 1.165) is 10.0 Å². The molecule has 0 aliphatic carbocycles. The summed E-state index contributed by atoms with van der Waals surface area (Å²) in [6.07, 6.45) is 0. The van der Waals surface area contributed by atoms with Crippen LogP contribution in [0.15, 0.2) is 33.2 Å². The average molecular weight is 323 g/mol. The van der Waals surface area contributed by atoms with Gasteiger partial charge in [-0.1, -0.05) is 28.1 Å². The van der Waals surface area contributed by atoms with Crippen molar-refractivity contribution < 1.29 is 9.21 Å². The molecule has 1 aromatic carbocycles. The van der Waals surface area contributed by atoms with Gasteiger partial charge in [-0.05, 0) is 31.5 Å². The van der Waals surface area contributed by atoms with Crippen LogP contribution in [0.3, 0.4) is 0 Å². The van der Waals surface area contributed by atoms with Crippen LogP contribution in [0.4, 0.5) is 0 Å². The molecule has 0 aliphatic heterocycles. The summed E-state index contributed by atoms with van der Waals surface area (Å²) in [6, 6.07) is 7.73. The highest BCUT2D eigenvalue weighted by Crippen LogP contribution is 2.17. The molecule has 5 heteroatoms. The first-order chi connectivity index (χ1) is 8.97. The summed E-state index contributed by atoms with van der Waals surface area (Å²) in [5, 5.41) is 2.90. The fourth-order valence-corrected chi connectivity index (χ4v) is 2.10. The molecule has 2 rings (SSSR count). The number of carbonyl (C=O) groups is 1. The zero-order valence-electron chi connectivity index (χ0n) is 11.0. The van der Waals surface area contributed by atoms with Crippen LogP contribution in [0.2, 0.25) is 0 Å². The van der Waals surface area contributed by atoms with E-state index in [1.54, 1.807) is 13.8 Å². The molecule has 1 amide bonds. The molecule has 0 aliphatic rings. The molecule has 100 valence electrons. The molecular weight excluding hydrogens is 308 g/mol. The third kappa shape index (κ3) is 3.23. The molecule has 0 spiro atoms. The maximum absolute atomic E-state index is 12.1. The van der Waals surface area contributed by atoms with Crippen molar-refractivity contribution in [2.45, 2.75) is 26.8 Å². The second kappa shape index (κ2) is 5.57. The molecule has 1 N–H and O–H groups in total. The monoisotopic (exact) mass is 322 g/mol. The quantitative estimate of drug-likeness (QED) is 0.940. The van der Waals surface area contributed by atoms with E-state index in [1.165, 1.54) is 0 Å². The zero-order chi connectivity index (χ0) is 14.0. The number of amides is 1. The molecule has 1 heterocycles. The Kier molecular flexibility index (Phi) is 4.04. The number of rotatable bonds is 3. The van der Waals surface area contributed by atoms with Crippen molar-refractivity contribution in [2.75, 3.05) is 0 Å². The lowest BCUT2D eigenvalue weighted by Crippen LogP contribution is -2.26. The van der Waals surface area contributed by atoms with Gasteiger partial charge in [0.1, 0.15) is 0 Å². The molecule has 0 saturated carbocycles. The minimum Gasteiger partial charge on any atom is -0.436 e. The van der Waals surface area contributed by atoms with E-state index < -0.39 is 0 Å². The first kappa shape index (κ1) is 13.8. The topological polar surface area (TPSA) is 55.1 Å². The minimum absolute atomic E-state index is 0.0922. The van der Waals surface area contributed by atoms with Crippen molar-refractivity contribution in [3.63, 3.8) is 0 Å². The predicted octanol–water partition coefficient (Wildman–Crippen LogP) is 3.54. The molecule has 0 saturated heterocycles. The van der Waals surface area contributed by atoms with E-state index in [4.69, 9.17) is 4.42 Å². The smallest absolute Gasteiger partial charge is 0.289 e. The lowest BCUT2D eigenvalue weighted by atomic mass is 10.1. The number of benzene rings is 1. The number of hydrogen-bond donors (Lipinski definition) is 1. The molecule has 4 nitrogen and oxygen atoms in total. The number of carbonyl (C=O) groups excluding carboxylic acids is 1. The first-order valence-electron chi connectivity index (χ1n) is 5.97. The van der Waals surface area contributed by atoms with Crippen LogP contribution in [0.1, 0.15) is 40.7 Å². The molecule has 1 atom stereocenters. The number of hydrogen-bond acceptors (Lipinski definition) is 3. The van der Waals surface area contributed by atoms with Crippen molar-refractivity contribution >= 4 is 21.8 Å². The van der Waals surface area contributed by atoms with Crippen molar-refractivity contribution in [2.24, 2.45) is 0 Å². The third-order valence-electron chi connectivity index (χ3n) is 2.83. The highest BCUT2D eigenvalue weighted by Gasteiger charge is 2.18. The molecule has 19 heavy (non-hydrogen) atoms. The van der Waals surface area contributed by atoms with Crippen molar-refractivity contribution in [1.29, 1.82) is 0 Å². The van der Waals surface area contributed by atoms with E-state index >= 15 is 0 Å². The van der Waals surface area contributed by atoms with Gasteiger partial charge in [0.25, 0.3) is 5.91 Å². The van der Waals surface area contributed by atoms with Gasteiger partial charge in [0, 0.05) is 11.4 Å². The molecule has 0 fully saturated rings. The van der Waals surface area contributed by atoms with Gasteiger partial charge >= 0.3 is 0 Å². The molecule has 1 unspecified atom stereocenters. The third-order valence-corrected chi connectivity index (χ3v) is 3.36. The van der Waals surface area contributed by atoms with Crippen LogP contribution in [0.25, 0.3) is 0 Å². The Morgan fingerprint density at radius 2 is 1.95 bits per heavy atom. The Balaban J connectivity index is 2.10. The van der Waals surface area contributed by atoms with Crippen LogP contribution < -0.4 is 5.32 Å². The van der Waals surface area contributed by atoms with E-state index in [9.17, 15) is 4.79 Å². The Labute approximate surface area is 120 Å². The van der Waals surface area contributed by atoms with Gasteiger partial charge in [-0.2, -0.15) is 0 Å². The van der Waals surface area contributed by atoms with Gasteiger partial charge < -0.3 is 9.73 Å². The number of oxazole rings is 1. The van der Waals surface area contributed by atoms with Crippen molar-refractivity contribution in [1.82, 2.24) is 10.3 Å². The summed E-state index contributed by atoms with van der Waals surface area (Å²) in [6.45, 7) is 5.41. The number of halogens is 1. The average Bonchev–Trinajstić information content (AvgIpc) is 2.69. The summed E-state index contributed by atoms with van der Waals surface area (Å²) in [5.74, 6) is 0.536. The van der Waals surface area contributed by atoms with Gasteiger partial charge in [0.15, 0.2) is 5.89 Å². The fourth-order valence-electron chi connectivity index (χ4n) is 1.84. The molecule has 2 aromatic rings. The Bertz CT molecular complexity index is 590. The van der Waals surface area contributed by atoms with Crippen LogP contribution in [0.5, 0.6) is 0 Å². The maximum Gasteiger partial charge on any atom is 0.289 e. The molecule has 0 radical (unpaired) electrons. The zero-order valence-corrected chi connectivity index (χ0v) is 12.6. The summed E-state index contributed by atoms with van der Waals surface area (Å²) in [4.78, 5) is 16.2. The molecule has 0 bridgehead atoms. The minimum atomic E-state index is -0.242. The Hall–Kier alpha value is -1.62. The highest BCUT2D eigenvalue weighted by molar-refractivity contribution is 9.10. The van der Waals surface area contributed by atoms with Crippen LogP contribution >= 0.6 is 15.9 Å². The highest BCUT2D eigenvalue weighted by atomic mass is 79.9. The van der Waals surface area contributed by atoms with E-state index in [2.05, 4.69) is 26.2 Å². The molecular formula is C14H15BrN2O2. The van der Waals surface area contributed by atoms with Crippen LogP contribution in [-0.2, 0) is 0 Å². The normalized spacial score (nSPS) is 12.2. The fraction of sp³-hybridized carbons (Fsp3) is 0.286. The maximum atomic E-state index is 12.1. The largest absolute Gasteiger partial charge is 0.436 e. The Morgan fingerprint density at radius 3 is 2.47 bits per heavy atom.